The Hall–Kier alpha value is -3.06. The number of fused-ring (bicyclic) bond motifs is 1. The van der Waals surface area contributed by atoms with E-state index in [4.69, 9.17) is 22.3 Å². The highest BCUT2D eigenvalue weighted by Crippen LogP contribution is 2.37. The van der Waals surface area contributed by atoms with Crippen LogP contribution < -0.4 is 11.3 Å². The number of hydrogen-bond donors (Lipinski definition) is 1. The van der Waals surface area contributed by atoms with Crippen LogP contribution in [0.5, 0.6) is 0 Å². The van der Waals surface area contributed by atoms with Crippen molar-refractivity contribution in [2.45, 2.75) is 33.2 Å². The van der Waals surface area contributed by atoms with Crippen LogP contribution in [0, 0.1) is 5.41 Å². The third-order valence-corrected chi connectivity index (χ3v) is 7.34. The molecule has 5 nitrogen and oxygen atoms in total. The number of para-hydroxylation sites is 1. The number of carbonyl (C=O) groups excluding carboxylic acids is 1. The minimum atomic E-state index is -0.236. The molecule has 0 amide bonds. The molecule has 2 aromatic carbocycles. The molecular weight excluding hydrogens is 466 g/mol. The molecule has 0 saturated carbocycles. The maximum absolute atomic E-state index is 14.0. The van der Waals surface area contributed by atoms with Crippen molar-refractivity contribution in [2.24, 2.45) is 11.1 Å². The fraction of sp³-hybridized carbons (Fsp3) is 0.222. The number of Topliss-reactive ketones (excluding diaryl/α,β-unsaturated/α-hetero) is 1. The Kier molecular flexibility index (Phi) is 5.76. The Labute approximate surface area is 206 Å². The Bertz CT molecular complexity index is 1470. The number of carbonyl (C=O) groups is 1. The summed E-state index contributed by atoms with van der Waals surface area (Å²) in [5.74, 6) is 0.0426. The number of halogens is 1. The highest BCUT2D eigenvalue weighted by molar-refractivity contribution is 7.13. The van der Waals surface area contributed by atoms with E-state index in [0.717, 1.165) is 22.5 Å². The molecule has 0 bridgehead atoms. The molecule has 1 aliphatic rings. The zero-order chi connectivity index (χ0) is 24.0. The number of nitrogens with two attached hydrogens (primary N) is 1. The quantitative estimate of drug-likeness (QED) is 0.387. The summed E-state index contributed by atoms with van der Waals surface area (Å²) in [6.07, 6.45) is 1.06. The third-order valence-electron chi connectivity index (χ3n) is 6.22. The molecule has 0 spiro atoms. The van der Waals surface area contributed by atoms with E-state index in [1.807, 2.05) is 53.9 Å². The molecule has 0 fully saturated rings. The smallest absolute Gasteiger partial charge is 0.265 e. The molecule has 4 aromatic rings. The van der Waals surface area contributed by atoms with Gasteiger partial charge in [-0.25, -0.2) is 4.98 Å². The van der Waals surface area contributed by atoms with E-state index >= 15 is 0 Å². The standard InChI is InChI=1S/C27H24ClN3O2S/c1-27(2)12-23-19(24(32)13-27)11-20(26(33)31(23)22-6-4-3-5-17(22)14-29)25-30-21(15-34-25)16-7-9-18(28)10-8-16/h3-11,15H,12-14,29H2,1-2H3. The van der Waals surface area contributed by atoms with Crippen LogP contribution in [-0.2, 0) is 13.0 Å². The highest BCUT2D eigenvalue weighted by Gasteiger charge is 2.35. The van der Waals surface area contributed by atoms with E-state index < -0.39 is 0 Å². The van der Waals surface area contributed by atoms with Crippen molar-refractivity contribution in [1.29, 1.82) is 0 Å². The van der Waals surface area contributed by atoms with Gasteiger partial charge in [0.25, 0.3) is 5.56 Å². The number of hydrogen-bond acceptors (Lipinski definition) is 5. The summed E-state index contributed by atoms with van der Waals surface area (Å²) < 4.78 is 1.69. The maximum Gasteiger partial charge on any atom is 0.265 e. The molecule has 0 radical (unpaired) electrons. The summed E-state index contributed by atoms with van der Waals surface area (Å²) in [5.41, 5.74) is 10.6. The lowest BCUT2D eigenvalue weighted by molar-refractivity contribution is 0.0909. The SMILES string of the molecule is CC1(C)CC(=O)c2cc(-c3nc(-c4ccc(Cl)cc4)cs3)c(=O)n(-c3ccccc3CN)c2C1. The van der Waals surface area contributed by atoms with E-state index in [-0.39, 0.29) is 23.3 Å². The predicted octanol–water partition coefficient (Wildman–Crippen LogP) is 5.90. The van der Waals surface area contributed by atoms with Crippen LogP contribution in [0.4, 0.5) is 0 Å². The molecule has 2 N–H and O–H groups in total. The number of aromatic nitrogens is 2. The summed E-state index contributed by atoms with van der Waals surface area (Å²) in [6.45, 7) is 4.41. The summed E-state index contributed by atoms with van der Waals surface area (Å²) in [7, 11) is 0. The van der Waals surface area contributed by atoms with E-state index in [0.29, 0.717) is 39.7 Å². The Balaban J connectivity index is 1.75. The predicted molar refractivity (Wildman–Crippen MR) is 138 cm³/mol. The summed E-state index contributed by atoms with van der Waals surface area (Å²) >= 11 is 7.41. The van der Waals surface area contributed by atoms with E-state index in [1.54, 1.807) is 10.6 Å². The minimum absolute atomic E-state index is 0.0426. The summed E-state index contributed by atoms with van der Waals surface area (Å²) in [5, 5.41) is 3.15. The molecule has 2 aromatic heterocycles. The first-order valence-electron chi connectivity index (χ1n) is 11.1. The Morgan fingerprint density at radius 3 is 2.53 bits per heavy atom. The van der Waals surface area contributed by atoms with Crippen LogP contribution in [0.25, 0.3) is 27.5 Å². The monoisotopic (exact) mass is 489 g/mol. The van der Waals surface area contributed by atoms with Gasteiger partial charge in [0.15, 0.2) is 5.78 Å². The van der Waals surface area contributed by atoms with Crippen LogP contribution in [0.15, 0.2) is 64.8 Å². The second kappa shape index (κ2) is 8.62. The van der Waals surface area contributed by atoms with Gasteiger partial charge in [-0.15, -0.1) is 11.3 Å². The van der Waals surface area contributed by atoms with Gasteiger partial charge >= 0.3 is 0 Å². The van der Waals surface area contributed by atoms with Gasteiger partial charge in [-0.3, -0.25) is 14.2 Å². The average Bonchev–Trinajstić information content (AvgIpc) is 3.28. The van der Waals surface area contributed by atoms with Gasteiger partial charge < -0.3 is 5.73 Å². The molecule has 2 heterocycles. The van der Waals surface area contributed by atoms with Crippen LogP contribution in [-0.4, -0.2) is 15.3 Å². The zero-order valence-electron chi connectivity index (χ0n) is 19.0. The Morgan fingerprint density at radius 2 is 1.79 bits per heavy atom. The van der Waals surface area contributed by atoms with Gasteiger partial charge in [-0.1, -0.05) is 55.8 Å². The molecule has 5 rings (SSSR count). The number of benzene rings is 2. The topological polar surface area (TPSA) is 78.0 Å². The number of rotatable bonds is 4. The zero-order valence-corrected chi connectivity index (χ0v) is 20.5. The molecule has 1 aliphatic carbocycles. The third kappa shape index (κ3) is 4.02. The first-order chi connectivity index (χ1) is 16.3. The fourth-order valence-corrected chi connectivity index (χ4v) is 5.54. The van der Waals surface area contributed by atoms with Gasteiger partial charge in [0, 0.05) is 40.2 Å². The van der Waals surface area contributed by atoms with Crippen LogP contribution in [0.2, 0.25) is 5.02 Å². The van der Waals surface area contributed by atoms with Gasteiger partial charge in [-0.2, -0.15) is 0 Å². The molecule has 7 heteroatoms. The summed E-state index contributed by atoms with van der Waals surface area (Å²) in [4.78, 5) is 31.9. The van der Waals surface area contributed by atoms with Gasteiger partial charge in [0.1, 0.15) is 5.01 Å². The lowest BCUT2D eigenvalue weighted by atomic mass is 9.75. The summed E-state index contributed by atoms with van der Waals surface area (Å²) in [6, 6.07) is 16.8. The number of ketones is 1. The van der Waals surface area contributed by atoms with Gasteiger partial charge in [0.2, 0.25) is 0 Å². The molecular formula is C27H24ClN3O2S. The second-order valence-corrected chi connectivity index (χ2v) is 10.7. The Morgan fingerprint density at radius 1 is 1.06 bits per heavy atom. The average molecular weight is 490 g/mol. The molecule has 0 atom stereocenters. The second-order valence-electron chi connectivity index (χ2n) is 9.38. The van der Waals surface area contributed by atoms with Gasteiger partial charge in [0.05, 0.1) is 16.9 Å². The van der Waals surface area contributed by atoms with Crippen molar-refractivity contribution in [3.63, 3.8) is 0 Å². The van der Waals surface area contributed by atoms with Crippen molar-refractivity contribution in [3.05, 3.63) is 92.2 Å². The first-order valence-corrected chi connectivity index (χ1v) is 12.4. The van der Waals surface area contributed by atoms with Gasteiger partial charge in [-0.05, 0) is 41.7 Å². The normalized spacial score (nSPS) is 14.8. The lowest BCUT2D eigenvalue weighted by Crippen LogP contribution is -2.35. The molecule has 0 saturated heterocycles. The van der Waals surface area contributed by atoms with Crippen LogP contribution in [0.3, 0.4) is 0 Å². The van der Waals surface area contributed by atoms with E-state index in [2.05, 4.69) is 13.8 Å². The number of thiazole rings is 1. The minimum Gasteiger partial charge on any atom is -0.326 e. The van der Waals surface area contributed by atoms with Crippen molar-refractivity contribution in [2.75, 3.05) is 0 Å². The van der Waals surface area contributed by atoms with Crippen molar-refractivity contribution < 1.29 is 4.79 Å². The number of nitrogens with zero attached hydrogens (tertiary/aromatic N) is 2. The van der Waals surface area contributed by atoms with Crippen molar-refractivity contribution in [3.8, 4) is 27.5 Å². The largest absolute Gasteiger partial charge is 0.326 e. The molecule has 0 unspecified atom stereocenters. The lowest BCUT2D eigenvalue weighted by Gasteiger charge is -2.32. The molecule has 34 heavy (non-hydrogen) atoms. The van der Waals surface area contributed by atoms with Crippen LogP contribution >= 0.6 is 22.9 Å². The molecule has 0 aliphatic heterocycles. The van der Waals surface area contributed by atoms with Crippen molar-refractivity contribution in [1.82, 2.24) is 9.55 Å². The maximum atomic E-state index is 14.0. The van der Waals surface area contributed by atoms with Crippen LogP contribution in [0.1, 0.15) is 41.9 Å². The fourth-order valence-electron chi connectivity index (χ4n) is 4.57. The van der Waals surface area contributed by atoms with E-state index in [1.165, 1.54) is 11.3 Å². The van der Waals surface area contributed by atoms with E-state index in [9.17, 15) is 9.59 Å². The highest BCUT2D eigenvalue weighted by atomic mass is 35.5. The number of pyridine rings is 1. The molecule has 172 valence electrons. The first kappa shape index (κ1) is 22.7. The van der Waals surface area contributed by atoms with Crippen molar-refractivity contribution >= 4 is 28.7 Å².